The lowest BCUT2D eigenvalue weighted by Gasteiger charge is -2.67. The zero-order valence-electron chi connectivity index (χ0n) is 35.7. The quantitative estimate of drug-likeness (QED) is 0.105. The molecule has 5 N–H and O–H groups in total. The van der Waals surface area contributed by atoms with Crippen molar-refractivity contribution >= 4 is 47.0 Å². The van der Waals surface area contributed by atoms with Crippen LogP contribution in [-0.4, -0.2) is 105 Å². The van der Waals surface area contributed by atoms with Gasteiger partial charge in [0.05, 0.1) is 29.6 Å². The summed E-state index contributed by atoms with van der Waals surface area (Å²) in [6.45, 7) is 8.12. The Morgan fingerprint density at radius 2 is 1.59 bits per heavy atom. The molecule has 7 rings (SSSR count). The molecule has 16 nitrogen and oxygen atoms in total. The first-order valence-electron chi connectivity index (χ1n) is 20.7. The lowest BCUT2D eigenvalue weighted by atomic mass is 9.44. The Hall–Kier alpha value is -5.46. The number of fused-ring (bicyclic) bond motifs is 5. The molecule has 3 aromatic rings. The standard InChI is InChI=1S/C46H52N2O14S/c1-24-29(60-41(55)35(52)34(30-18-13-19-63-30)48-42(56)47-22-27-14-9-7-10-15-27)21-46(57)39(61-40(54)28-16-11-8-12-17-28)37-44(6,31(51)20-32-45(37,23-58-32)62-26(3)50)38(53)36(59-25(2)49)33(24)43(46,4)5/h7-19,29,31-32,34-37,39,51-52,57H,20-23H2,1-6H3,(H2,47,48,56)/t29?,31-,32+,34?,35+,36+,37-,39-,44+,45-,46+/m0/s1. The number of aliphatic hydroxyl groups is 3. The Bertz CT molecular complexity index is 2280. The van der Waals surface area contributed by atoms with E-state index in [9.17, 15) is 39.3 Å². The van der Waals surface area contributed by atoms with E-state index in [1.165, 1.54) is 37.3 Å². The summed E-state index contributed by atoms with van der Waals surface area (Å²) in [4.78, 5) is 83.6. The van der Waals surface area contributed by atoms with Gasteiger partial charge in [-0.2, -0.15) is 0 Å². The van der Waals surface area contributed by atoms with Gasteiger partial charge in [-0.3, -0.25) is 14.4 Å². The molecular weight excluding hydrogens is 837 g/mol. The van der Waals surface area contributed by atoms with Gasteiger partial charge in [0.25, 0.3) is 0 Å². The number of Topliss-reactive ketones (excluding diaryl/α,β-unsaturated/α-hetero) is 1. The molecule has 1 aromatic heterocycles. The van der Waals surface area contributed by atoms with E-state index in [1.807, 2.05) is 30.3 Å². The third-order valence-electron chi connectivity index (χ3n) is 13.4. The highest BCUT2D eigenvalue weighted by Crippen LogP contribution is 2.64. The second-order valence-corrected chi connectivity index (χ2v) is 18.4. The number of carbonyl (C=O) groups is 6. The van der Waals surface area contributed by atoms with Crippen LogP contribution in [0.15, 0.2) is 89.3 Å². The van der Waals surface area contributed by atoms with Gasteiger partial charge in [0, 0.05) is 43.5 Å². The fourth-order valence-corrected chi connectivity index (χ4v) is 10.9. The maximum Gasteiger partial charge on any atom is 0.338 e. The normalized spacial score (nSPS) is 31.5. The molecule has 2 saturated carbocycles. The highest BCUT2D eigenvalue weighted by Gasteiger charge is 2.78. The van der Waals surface area contributed by atoms with Crippen molar-refractivity contribution in [3.8, 4) is 0 Å². The first-order valence-corrected chi connectivity index (χ1v) is 21.5. The summed E-state index contributed by atoms with van der Waals surface area (Å²) in [5.74, 6) is -6.24. The summed E-state index contributed by atoms with van der Waals surface area (Å²) in [6.07, 6.45) is -10.5. The van der Waals surface area contributed by atoms with Crippen LogP contribution in [0.2, 0.25) is 0 Å². The van der Waals surface area contributed by atoms with Crippen molar-refractivity contribution in [2.45, 2.75) is 115 Å². The van der Waals surface area contributed by atoms with Crippen molar-refractivity contribution in [1.82, 2.24) is 10.6 Å². The zero-order chi connectivity index (χ0) is 45.6. The van der Waals surface area contributed by atoms with E-state index in [2.05, 4.69) is 10.6 Å². The summed E-state index contributed by atoms with van der Waals surface area (Å²) in [5.41, 5.74) is -6.83. The minimum atomic E-state index is -2.39. The third kappa shape index (κ3) is 7.94. The number of urea groups is 1. The molecule has 3 aliphatic carbocycles. The van der Waals surface area contributed by atoms with E-state index in [0.717, 1.165) is 19.4 Å². The van der Waals surface area contributed by atoms with Gasteiger partial charge in [-0.1, -0.05) is 68.4 Å². The van der Waals surface area contributed by atoms with E-state index >= 15 is 4.79 Å². The number of hydrogen-bond donors (Lipinski definition) is 5. The van der Waals surface area contributed by atoms with Crippen molar-refractivity contribution < 1.29 is 67.8 Å². The average molecular weight is 889 g/mol. The predicted octanol–water partition coefficient (Wildman–Crippen LogP) is 3.87. The van der Waals surface area contributed by atoms with Gasteiger partial charge in [-0.05, 0) is 54.1 Å². The van der Waals surface area contributed by atoms with Gasteiger partial charge in [0.15, 0.2) is 23.6 Å². The number of thiophene rings is 1. The highest BCUT2D eigenvalue weighted by molar-refractivity contribution is 7.10. The van der Waals surface area contributed by atoms with Crippen molar-refractivity contribution in [2.24, 2.45) is 16.7 Å². The van der Waals surface area contributed by atoms with E-state index in [4.69, 9.17) is 23.7 Å². The summed E-state index contributed by atoms with van der Waals surface area (Å²) in [5, 5.41) is 44.5. The zero-order valence-corrected chi connectivity index (χ0v) is 36.5. The average Bonchev–Trinajstić information content (AvgIpc) is 3.78. The number of ether oxygens (including phenoxy) is 5. The van der Waals surface area contributed by atoms with Crippen LogP contribution < -0.4 is 10.6 Å². The molecule has 2 aromatic carbocycles. The maximum absolute atomic E-state index is 15.5. The van der Waals surface area contributed by atoms with Crippen LogP contribution in [0, 0.1) is 16.7 Å². The van der Waals surface area contributed by atoms with Gasteiger partial charge >= 0.3 is 29.9 Å². The molecule has 2 heterocycles. The summed E-state index contributed by atoms with van der Waals surface area (Å²) in [6, 6.07) is 18.2. The Kier molecular flexibility index (Phi) is 12.5. The van der Waals surface area contributed by atoms with E-state index in [0.29, 0.717) is 4.88 Å². The van der Waals surface area contributed by atoms with Gasteiger partial charge < -0.3 is 49.6 Å². The number of nitrogens with one attached hydrogen (secondary N) is 2. The van der Waals surface area contributed by atoms with E-state index in [1.54, 1.807) is 49.6 Å². The monoisotopic (exact) mass is 888 g/mol. The van der Waals surface area contributed by atoms with Gasteiger partial charge in [-0.15, -0.1) is 11.3 Å². The number of amides is 2. The maximum atomic E-state index is 15.5. The largest absolute Gasteiger partial charge is 0.456 e. The van der Waals surface area contributed by atoms with Gasteiger partial charge in [0.2, 0.25) is 0 Å². The second kappa shape index (κ2) is 17.3. The van der Waals surface area contributed by atoms with Crippen LogP contribution in [0.25, 0.3) is 0 Å². The summed E-state index contributed by atoms with van der Waals surface area (Å²) in [7, 11) is 0. The topological polar surface area (TPSA) is 233 Å². The Balaban J connectivity index is 1.34. The molecule has 2 amide bonds. The molecule has 63 heavy (non-hydrogen) atoms. The van der Waals surface area contributed by atoms with Crippen LogP contribution in [-0.2, 0) is 49.4 Å². The van der Waals surface area contributed by atoms with Crippen molar-refractivity contribution in [3.63, 3.8) is 0 Å². The molecule has 336 valence electrons. The molecule has 11 atom stereocenters. The van der Waals surface area contributed by atoms with Gasteiger partial charge in [-0.25, -0.2) is 14.4 Å². The number of rotatable bonds is 11. The van der Waals surface area contributed by atoms with Crippen LogP contribution >= 0.6 is 11.3 Å². The minimum absolute atomic E-state index is 0.00174. The first-order chi connectivity index (χ1) is 29.8. The molecule has 1 aliphatic heterocycles. The molecular formula is C46H52N2O14S. The summed E-state index contributed by atoms with van der Waals surface area (Å²) >= 11 is 1.17. The van der Waals surface area contributed by atoms with Gasteiger partial charge in [0.1, 0.15) is 30.0 Å². The Morgan fingerprint density at radius 1 is 0.921 bits per heavy atom. The van der Waals surface area contributed by atoms with Crippen molar-refractivity contribution in [3.05, 3.63) is 105 Å². The number of carbonyl (C=O) groups excluding carboxylic acids is 6. The van der Waals surface area contributed by atoms with Crippen LogP contribution in [0.3, 0.4) is 0 Å². The molecule has 0 radical (unpaired) electrons. The smallest absolute Gasteiger partial charge is 0.338 e. The first kappa shape index (κ1) is 45.6. The van der Waals surface area contributed by atoms with Crippen LogP contribution in [0.1, 0.15) is 81.2 Å². The summed E-state index contributed by atoms with van der Waals surface area (Å²) < 4.78 is 30.3. The Labute approximate surface area is 367 Å². The number of esters is 4. The number of ketones is 1. The van der Waals surface area contributed by atoms with Crippen molar-refractivity contribution in [2.75, 3.05) is 6.61 Å². The number of hydrogen-bond acceptors (Lipinski definition) is 15. The molecule has 17 heteroatoms. The SMILES string of the molecule is CC(=O)O[C@H]1C(=O)[C@@]2(C)[C@H]([C@H](OC(=O)c3ccccc3)[C@]3(O)CC(OC(=O)[C@H](O)C(NC(=O)NCc4ccccc4)c4cccs4)C(C)=C1C3(C)C)[C@]1(OC(C)=O)CO[C@@H]1C[C@@H]2O. The fourth-order valence-electron chi connectivity index (χ4n) is 10.1. The van der Waals surface area contributed by atoms with Crippen LogP contribution in [0.5, 0.6) is 0 Å². The highest BCUT2D eigenvalue weighted by atomic mass is 32.1. The van der Waals surface area contributed by atoms with E-state index in [-0.39, 0.29) is 36.3 Å². The lowest BCUT2D eigenvalue weighted by Crippen LogP contribution is -2.82. The number of benzene rings is 2. The fraction of sp³-hybridized carbons (Fsp3) is 0.478. The van der Waals surface area contributed by atoms with Crippen molar-refractivity contribution in [1.29, 1.82) is 0 Å². The minimum Gasteiger partial charge on any atom is -0.456 e. The Morgan fingerprint density at radius 3 is 2.17 bits per heavy atom. The predicted molar refractivity (Wildman–Crippen MR) is 223 cm³/mol. The molecule has 0 spiro atoms. The molecule has 2 bridgehead atoms. The second-order valence-electron chi connectivity index (χ2n) is 17.4. The molecule has 4 aliphatic rings. The molecule has 2 unspecified atom stereocenters. The van der Waals surface area contributed by atoms with Crippen LogP contribution in [0.4, 0.5) is 4.79 Å². The third-order valence-corrected chi connectivity index (χ3v) is 14.4. The molecule has 3 fully saturated rings. The molecule has 1 saturated heterocycles. The lowest BCUT2D eigenvalue weighted by molar-refractivity contribution is -0.346. The number of aliphatic hydroxyl groups excluding tert-OH is 2. The van der Waals surface area contributed by atoms with E-state index < -0.39 is 113 Å².